The van der Waals surface area contributed by atoms with Gasteiger partial charge in [-0.25, -0.2) is 0 Å². The Labute approximate surface area is 70.0 Å². The van der Waals surface area contributed by atoms with E-state index in [2.05, 4.69) is 37.9 Å². The third kappa shape index (κ3) is 1.94. The van der Waals surface area contributed by atoms with Gasteiger partial charge in [0.2, 0.25) is 0 Å². The molecule has 0 unspecified atom stereocenters. The number of nitrogens with one attached hydrogen (secondary N) is 1. The highest BCUT2D eigenvalue weighted by Gasteiger charge is 2.25. The highest BCUT2D eigenvalue weighted by atomic mass is 15.3. The van der Waals surface area contributed by atoms with Crippen LogP contribution in [0.3, 0.4) is 0 Å². The van der Waals surface area contributed by atoms with Crippen molar-refractivity contribution in [3.8, 4) is 0 Å². The Balaban J connectivity index is 2.55. The van der Waals surface area contributed by atoms with Crippen molar-refractivity contribution in [2.24, 2.45) is 0 Å². The Morgan fingerprint density at radius 3 is 1.91 bits per heavy atom. The molecule has 1 aliphatic rings. The van der Waals surface area contributed by atoms with Crippen molar-refractivity contribution in [3.63, 3.8) is 0 Å². The van der Waals surface area contributed by atoms with Crippen LogP contribution in [-0.2, 0) is 0 Å². The van der Waals surface area contributed by atoms with Crippen molar-refractivity contribution in [2.75, 3.05) is 13.1 Å². The van der Waals surface area contributed by atoms with Gasteiger partial charge < -0.3 is 5.32 Å². The molecule has 0 spiro atoms. The smallest absolute Gasteiger partial charge is 0.0198 e. The van der Waals surface area contributed by atoms with Crippen molar-refractivity contribution in [1.82, 2.24) is 10.2 Å². The molecule has 66 valence electrons. The van der Waals surface area contributed by atoms with Crippen molar-refractivity contribution in [2.45, 2.75) is 45.8 Å². The summed E-state index contributed by atoms with van der Waals surface area (Å²) >= 11 is 0. The highest BCUT2D eigenvalue weighted by Crippen LogP contribution is 2.12. The first-order chi connectivity index (χ1) is 5.13. The molecule has 11 heavy (non-hydrogen) atoms. The van der Waals surface area contributed by atoms with Gasteiger partial charge in [-0.1, -0.05) is 0 Å². The number of rotatable bonds is 1. The van der Waals surface area contributed by atoms with Gasteiger partial charge in [0.05, 0.1) is 0 Å². The lowest BCUT2D eigenvalue weighted by Gasteiger charge is -2.42. The van der Waals surface area contributed by atoms with E-state index in [1.165, 1.54) is 0 Å². The maximum Gasteiger partial charge on any atom is 0.0198 e. The Bertz CT molecular complexity index is 113. The fourth-order valence-corrected chi connectivity index (χ4v) is 2.16. The molecule has 0 bridgehead atoms. The second-order valence-electron chi connectivity index (χ2n) is 3.90. The van der Waals surface area contributed by atoms with E-state index in [4.69, 9.17) is 0 Å². The number of piperazine rings is 1. The van der Waals surface area contributed by atoms with Crippen LogP contribution in [0.5, 0.6) is 0 Å². The molecule has 1 saturated heterocycles. The van der Waals surface area contributed by atoms with Crippen LogP contribution < -0.4 is 5.32 Å². The molecule has 1 heterocycles. The van der Waals surface area contributed by atoms with Crippen LogP contribution in [0, 0.1) is 0 Å². The van der Waals surface area contributed by atoms with Gasteiger partial charge in [-0.3, -0.25) is 4.90 Å². The molecule has 2 nitrogen and oxygen atoms in total. The second-order valence-corrected chi connectivity index (χ2v) is 3.90. The van der Waals surface area contributed by atoms with Gasteiger partial charge in [-0.2, -0.15) is 0 Å². The summed E-state index contributed by atoms with van der Waals surface area (Å²) in [6.07, 6.45) is 0. The molecule has 1 fully saturated rings. The van der Waals surface area contributed by atoms with Crippen LogP contribution >= 0.6 is 0 Å². The van der Waals surface area contributed by atoms with Gasteiger partial charge in [0.25, 0.3) is 0 Å². The zero-order valence-electron chi connectivity index (χ0n) is 8.09. The molecule has 0 aromatic rings. The van der Waals surface area contributed by atoms with Crippen LogP contribution in [0.1, 0.15) is 27.7 Å². The summed E-state index contributed by atoms with van der Waals surface area (Å²) in [7, 11) is 0. The Kier molecular flexibility index (Phi) is 2.90. The Morgan fingerprint density at radius 2 is 1.64 bits per heavy atom. The van der Waals surface area contributed by atoms with Crippen molar-refractivity contribution < 1.29 is 0 Å². The monoisotopic (exact) mass is 156 g/mol. The van der Waals surface area contributed by atoms with Crippen LogP contribution in [0.25, 0.3) is 0 Å². The molecular formula is C9H20N2. The maximum absolute atomic E-state index is 3.43. The topological polar surface area (TPSA) is 15.3 Å². The van der Waals surface area contributed by atoms with Gasteiger partial charge >= 0.3 is 0 Å². The average molecular weight is 156 g/mol. The van der Waals surface area contributed by atoms with Gasteiger partial charge in [0, 0.05) is 31.2 Å². The van der Waals surface area contributed by atoms with Crippen molar-refractivity contribution in [3.05, 3.63) is 0 Å². The first-order valence-corrected chi connectivity index (χ1v) is 4.61. The molecule has 2 heteroatoms. The summed E-state index contributed by atoms with van der Waals surface area (Å²) in [6.45, 7) is 11.4. The minimum Gasteiger partial charge on any atom is -0.314 e. The Morgan fingerprint density at radius 1 is 1.18 bits per heavy atom. The largest absolute Gasteiger partial charge is 0.314 e. The molecule has 1 rings (SSSR count). The first-order valence-electron chi connectivity index (χ1n) is 4.61. The molecule has 0 aliphatic carbocycles. The predicted molar refractivity (Wildman–Crippen MR) is 48.8 cm³/mol. The standard InChI is InChI=1S/C9H20N2/c1-7(2)11-8(3)5-10-6-9(11)4/h7-10H,5-6H2,1-4H3/t8-,9-/m1/s1. The molecule has 2 atom stereocenters. The third-order valence-corrected chi connectivity index (χ3v) is 2.49. The van der Waals surface area contributed by atoms with Crippen LogP contribution in [0.4, 0.5) is 0 Å². The average Bonchev–Trinajstić information content (AvgIpc) is 1.85. The molecule has 1 N–H and O–H groups in total. The zero-order chi connectivity index (χ0) is 8.43. The van der Waals surface area contributed by atoms with Crippen LogP contribution in [-0.4, -0.2) is 36.1 Å². The fraction of sp³-hybridized carbons (Fsp3) is 1.00. The summed E-state index contributed by atoms with van der Waals surface area (Å²) < 4.78 is 0. The van der Waals surface area contributed by atoms with Gasteiger partial charge in [-0.05, 0) is 27.7 Å². The minimum atomic E-state index is 0.683. The van der Waals surface area contributed by atoms with E-state index in [9.17, 15) is 0 Å². The van der Waals surface area contributed by atoms with Crippen LogP contribution in [0.15, 0.2) is 0 Å². The minimum absolute atomic E-state index is 0.683. The first kappa shape index (κ1) is 9.01. The van der Waals surface area contributed by atoms with E-state index in [0.29, 0.717) is 18.1 Å². The third-order valence-electron chi connectivity index (χ3n) is 2.49. The number of hydrogen-bond acceptors (Lipinski definition) is 2. The zero-order valence-corrected chi connectivity index (χ0v) is 8.09. The summed E-state index contributed by atoms with van der Waals surface area (Å²) in [5.74, 6) is 0. The Hall–Kier alpha value is -0.0800. The SMILES string of the molecule is CC(C)N1[C@H](C)CNC[C@H]1C. The molecule has 1 aliphatic heterocycles. The number of nitrogens with zero attached hydrogens (tertiary/aromatic N) is 1. The summed E-state index contributed by atoms with van der Waals surface area (Å²) in [6, 6.07) is 2.07. The van der Waals surface area contributed by atoms with E-state index >= 15 is 0 Å². The number of hydrogen-bond donors (Lipinski definition) is 1. The molecular weight excluding hydrogens is 136 g/mol. The second kappa shape index (κ2) is 3.55. The lowest BCUT2D eigenvalue weighted by molar-refractivity contribution is 0.0827. The molecule has 0 aromatic carbocycles. The quantitative estimate of drug-likeness (QED) is 0.611. The van der Waals surface area contributed by atoms with E-state index in [-0.39, 0.29) is 0 Å². The van der Waals surface area contributed by atoms with Gasteiger partial charge in [-0.15, -0.1) is 0 Å². The summed E-state index contributed by atoms with van der Waals surface area (Å²) in [5.41, 5.74) is 0. The normalized spacial score (nSPS) is 34.6. The molecule has 0 radical (unpaired) electrons. The fourth-order valence-electron chi connectivity index (χ4n) is 2.16. The lowest BCUT2D eigenvalue weighted by atomic mass is 10.1. The highest BCUT2D eigenvalue weighted by molar-refractivity contribution is 4.84. The van der Waals surface area contributed by atoms with E-state index in [1.54, 1.807) is 0 Å². The van der Waals surface area contributed by atoms with E-state index in [1.807, 2.05) is 0 Å². The van der Waals surface area contributed by atoms with Gasteiger partial charge in [0.1, 0.15) is 0 Å². The van der Waals surface area contributed by atoms with Crippen LogP contribution in [0.2, 0.25) is 0 Å². The molecule has 0 saturated carbocycles. The van der Waals surface area contributed by atoms with E-state index < -0.39 is 0 Å². The summed E-state index contributed by atoms with van der Waals surface area (Å²) in [4.78, 5) is 2.58. The summed E-state index contributed by atoms with van der Waals surface area (Å²) in [5, 5.41) is 3.43. The predicted octanol–water partition coefficient (Wildman–Crippen LogP) is 1.08. The molecule has 0 amide bonds. The van der Waals surface area contributed by atoms with Crippen molar-refractivity contribution in [1.29, 1.82) is 0 Å². The van der Waals surface area contributed by atoms with Crippen molar-refractivity contribution >= 4 is 0 Å². The van der Waals surface area contributed by atoms with E-state index in [0.717, 1.165) is 13.1 Å². The van der Waals surface area contributed by atoms with Gasteiger partial charge in [0.15, 0.2) is 0 Å². The lowest BCUT2D eigenvalue weighted by Crippen LogP contribution is -2.57. The maximum atomic E-state index is 3.43. The molecule has 0 aromatic heterocycles.